The van der Waals surface area contributed by atoms with E-state index in [1.165, 1.54) is 17.7 Å². The Hall–Kier alpha value is -1.81. The molecule has 2 aromatic rings. The second-order valence-electron chi connectivity index (χ2n) is 5.34. The van der Waals surface area contributed by atoms with Crippen molar-refractivity contribution in [2.45, 2.75) is 32.0 Å². The number of hydrogen-bond donors (Lipinski definition) is 1. The maximum absolute atomic E-state index is 12.4. The van der Waals surface area contributed by atoms with E-state index in [4.69, 9.17) is 0 Å². The third kappa shape index (κ3) is 3.64. The van der Waals surface area contributed by atoms with Crippen molar-refractivity contribution in [1.82, 2.24) is 0 Å². The van der Waals surface area contributed by atoms with Crippen molar-refractivity contribution in [2.24, 2.45) is 0 Å². The van der Waals surface area contributed by atoms with Crippen molar-refractivity contribution >= 4 is 0 Å². The van der Waals surface area contributed by atoms with E-state index in [1.54, 1.807) is 12.1 Å². The van der Waals surface area contributed by atoms with Crippen LogP contribution in [-0.4, -0.2) is 11.3 Å². The summed E-state index contributed by atoms with van der Waals surface area (Å²) >= 11 is 0. The first-order valence-corrected chi connectivity index (χ1v) is 6.74. The summed E-state index contributed by atoms with van der Waals surface area (Å²) < 4.78 is 37.3. The van der Waals surface area contributed by atoms with Gasteiger partial charge in [0.25, 0.3) is 0 Å². The Labute approximate surface area is 122 Å². The fraction of sp³-hybridized carbons (Fsp3) is 0.294. The normalized spacial score (nSPS) is 13.5. The fourth-order valence-electron chi connectivity index (χ4n) is 2.11. The van der Waals surface area contributed by atoms with Crippen molar-refractivity contribution < 1.29 is 18.3 Å². The van der Waals surface area contributed by atoms with E-state index in [2.05, 4.69) is 13.8 Å². The van der Waals surface area contributed by atoms with E-state index >= 15 is 0 Å². The quantitative estimate of drug-likeness (QED) is 0.837. The second kappa shape index (κ2) is 5.90. The molecule has 1 nitrogen and oxygen atoms in total. The summed E-state index contributed by atoms with van der Waals surface area (Å²) in [4.78, 5) is 0. The minimum Gasteiger partial charge on any atom is -0.379 e. The van der Waals surface area contributed by atoms with Gasteiger partial charge < -0.3 is 5.11 Å². The number of halogens is 3. The first-order chi connectivity index (χ1) is 9.79. The summed E-state index contributed by atoms with van der Waals surface area (Å²) in [6.45, 7) is 4.20. The van der Waals surface area contributed by atoms with Crippen LogP contribution >= 0.6 is 0 Å². The van der Waals surface area contributed by atoms with E-state index in [1.807, 2.05) is 24.3 Å². The van der Waals surface area contributed by atoms with E-state index in [0.717, 1.165) is 11.1 Å². The fourth-order valence-corrected chi connectivity index (χ4v) is 2.11. The number of alkyl halides is 3. The smallest absolute Gasteiger partial charge is 0.379 e. The van der Waals surface area contributed by atoms with Gasteiger partial charge in [-0.25, -0.2) is 0 Å². The Morgan fingerprint density at radius 3 is 1.48 bits per heavy atom. The number of aliphatic hydroxyl groups excluding tert-OH is 1. The Morgan fingerprint density at radius 2 is 1.14 bits per heavy atom. The van der Waals surface area contributed by atoms with Crippen molar-refractivity contribution in [2.75, 3.05) is 0 Å². The van der Waals surface area contributed by atoms with Crippen molar-refractivity contribution in [3.05, 3.63) is 59.7 Å². The van der Waals surface area contributed by atoms with Gasteiger partial charge in [0.2, 0.25) is 0 Å². The van der Waals surface area contributed by atoms with Gasteiger partial charge >= 0.3 is 6.18 Å². The molecule has 0 saturated heterocycles. The van der Waals surface area contributed by atoms with Gasteiger partial charge in [-0.2, -0.15) is 13.2 Å². The zero-order valence-corrected chi connectivity index (χ0v) is 11.9. The van der Waals surface area contributed by atoms with Crippen LogP contribution in [0.3, 0.4) is 0 Å². The summed E-state index contributed by atoms with van der Waals surface area (Å²) in [5.74, 6) is 0.434. The highest BCUT2D eigenvalue weighted by Gasteiger charge is 2.39. The first kappa shape index (κ1) is 15.6. The standard InChI is InChI=1S/C17H17F3O/c1-11(2)12-3-5-13(6-4-12)14-7-9-15(10-8-14)16(21)17(18,19)20/h3-11,16,21H,1-2H3. The number of aliphatic hydroxyl groups is 1. The monoisotopic (exact) mass is 294 g/mol. The van der Waals surface area contributed by atoms with E-state index in [9.17, 15) is 18.3 Å². The van der Waals surface area contributed by atoms with Gasteiger partial charge in [-0.3, -0.25) is 0 Å². The molecule has 0 aliphatic rings. The van der Waals surface area contributed by atoms with Crippen LogP contribution in [-0.2, 0) is 0 Å². The van der Waals surface area contributed by atoms with Gasteiger partial charge in [0.15, 0.2) is 6.10 Å². The molecule has 0 heterocycles. The molecule has 21 heavy (non-hydrogen) atoms. The molecule has 0 saturated carbocycles. The van der Waals surface area contributed by atoms with Crippen LogP contribution in [0.25, 0.3) is 11.1 Å². The molecule has 0 aliphatic heterocycles. The van der Waals surface area contributed by atoms with Gasteiger partial charge in [0, 0.05) is 0 Å². The highest BCUT2D eigenvalue weighted by Crippen LogP contribution is 2.33. The van der Waals surface area contributed by atoms with Crippen LogP contribution in [0.4, 0.5) is 13.2 Å². The van der Waals surface area contributed by atoms with Gasteiger partial charge in [-0.15, -0.1) is 0 Å². The molecule has 0 aromatic heterocycles. The van der Waals surface area contributed by atoms with Crippen LogP contribution < -0.4 is 0 Å². The lowest BCUT2D eigenvalue weighted by Crippen LogP contribution is -2.19. The Balaban J connectivity index is 2.23. The lowest BCUT2D eigenvalue weighted by atomic mass is 9.97. The van der Waals surface area contributed by atoms with E-state index in [-0.39, 0.29) is 5.56 Å². The van der Waals surface area contributed by atoms with Crippen LogP contribution in [0, 0.1) is 0 Å². The maximum Gasteiger partial charge on any atom is 0.418 e. The lowest BCUT2D eigenvalue weighted by molar-refractivity contribution is -0.206. The highest BCUT2D eigenvalue weighted by atomic mass is 19.4. The van der Waals surface area contributed by atoms with E-state index < -0.39 is 12.3 Å². The largest absolute Gasteiger partial charge is 0.418 e. The molecule has 0 bridgehead atoms. The van der Waals surface area contributed by atoms with E-state index in [0.29, 0.717) is 5.92 Å². The molecule has 1 N–H and O–H groups in total. The average molecular weight is 294 g/mol. The Morgan fingerprint density at radius 1 is 0.762 bits per heavy atom. The summed E-state index contributed by atoms with van der Waals surface area (Å²) in [6, 6.07) is 13.7. The Bertz CT molecular complexity index is 583. The third-order valence-electron chi connectivity index (χ3n) is 3.45. The average Bonchev–Trinajstić information content (AvgIpc) is 2.46. The Kier molecular flexibility index (Phi) is 4.37. The molecule has 4 heteroatoms. The molecule has 0 fully saturated rings. The molecule has 112 valence electrons. The van der Waals surface area contributed by atoms with Crippen LogP contribution in [0.2, 0.25) is 0 Å². The topological polar surface area (TPSA) is 20.2 Å². The molecule has 2 aromatic carbocycles. The molecule has 2 rings (SSSR count). The van der Waals surface area contributed by atoms with Crippen LogP contribution in [0.1, 0.15) is 37.0 Å². The summed E-state index contributed by atoms with van der Waals surface area (Å²) in [5, 5.41) is 9.19. The zero-order chi connectivity index (χ0) is 15.6. The van der Waals surface area contributed by atoms with Crippen molar-refractivity contribution in [3.8, 4) is 11.1 Å². The molecule has 1 unspecified atom stereocenters. The number of hydrogen-bond acceptors (Lipinski definition) is 1. The second-order valence-corrected chi connectivity index (χ2v) is 5.34. The summed E-state index contributed by atoms with van der Waals surface area (Å²) in [6.07, 6.45) is -7.07. The molecule has 0 aliphatic carbocycles. The molecule has 1 atom stereocenters. The third-order valence-corrected chi connectivity index (χ3v) is 3.45. The minimum atomic E-state index is -4.64. The zero-order valence-electron chi connectivity index (χ0n) is 11.9. The van der Waals surface area contributed by atoms with Crippen LogP contribution in [0.15, 0.2) is 48.5 Å². The molecule has 0 spiro atoms. The first-order valence-electron chi connectivity index (χ1n) is 6.74. The van der Waals surface area contributed by atoms with Gasteiger partial charge in [-0.1, -0.05) is 62.4 Å². The maximum atomic E-state index is 12.4. The molecule has 0 radical (unpaired) electrons. The number of benzene rings is 2. The summed E-state index contributed by atoms with van der Waals surface area (Å²) in [7, 11) is 0. The minimum absolute atomic E-state index is 0.148. The number of rotatable bonds is 3. The van der Waals surface area contributed by atoms with Gasteiger partial charge in [0.05, 0.1) is 0 Å². The summed E-state index contributed by atoms with van der Waals surface area (Å²) in [5.41, 5.74) is 2.82. The molecular formula is C17H17F3O. The highest BCUT2D eigenvalue weighted by molar-refractivity contribution is 5.64. The van der Waals surface area contributed by atoms with Gasteiger partial charge in [0.1, 0.15) is 0 Å². The SMILES string of the molecule is CC(C)c1ccc(-c2ccc(C(O)C(F)(F)F)cc2)cc1. The molecule has 0 amide bonds. The van der Waals surface area contributed by atoms with Crippen LogP contribution in [0.5, 0.6) is 0 Å². The van der Waals surface area contributed by atoms with Crippen molar-refractivity contribution in [1.29, 1.82) is 0 Å². The predicted molar refractivity (Wildman–Crippen MR) is 77.0 cm³/mol. The van der Waals surface area contributed by atoms with Crippen molar-refractivity contribution in [3.63, 3.8) is 0 Å². The predicted octanol–water partition coefficient (Wildman–Crippen LogP) is 5.07. The molecular weight excluding hydrogens is 277 g/mol. The lowest BCUT2D eigenvalue weighted by Gasteiger charge is -2.15. The van der Waals surface area contributed by atoms with Gasteiger partial charge in [-0.05, 0) is 28.2 Å².